The van der Waals surface area contributed by atoms with Crippen molar-refractivity contribution in [1.82, 2.24) is 15.3 Å². The highest BCUT2D eigenvalue weighted by Gasteiger charge is 2.48. The fourth-order valence-corrected chi connectivity index (χ4v) is 2.45. The smallest absolute Gasteiger partial charge is 0.271 e. The number of rotatable bonds is 2. The molecule has 2 N–H and O–H groups in total. The van der Waals surface area contributed by atoms with E-state index in [2.05, 4.69) is 15.3 Å². The Morgan fingerprint density at radius 1 is 1.35 bits per heavy atom. The Kier molecular flexibility index (Phi) is 2.94. The van der Waals surface area contributed by atoms with Gasteiger partial charge in [-0.1, -0.05) is 26.0 Å². The number of aliphatic hydroxyl groups excluding tert-OH is 1. The Hall–Kier alpha value is -2.01. The summed E-state index contributed by atoms with van der Waals surface area (Å²) in [5.74, 6) is -0.242. The standard InChI is InChI=1S/C15H17N3O2/c1-15(2)12(7-13(15)19)18-14(20)11-8-16-9-5-3-4-6-10(9)17-11/h3-6,8,12-13,19H,7H2,1-2H3,(H,18,20). The maximum absolute atomic E-state index is 12.2. The second kappa shape index (κ2) is 4.52. The first-order valence-corrected chi connectivity index (χ1v) is 6.69. The summed E-state index contributed by atoms with van der Waals surface area (Å²) in [5.41, 5.74) is 1.48. The summed E-state index contributed by atoms with van der Waals surface area (Å²) in [7, 11) is 0. The van der Waals surface area contributed by atoms with E-state index in [9.17, 15) is 9.90 Å². The Balaban J connectivity index is 1.79. The number of carbonyl (C=O) groups is 1. The van der Waals surface area contributed by atoms with Gasteiger partial charge >= 0.3 is 0 Å². The Morgan fingerprint density at radius 3 is 2.70 bits per heavy atom. The van der Waals surface area contributed by atoms with Gasteiger partial charge in [0, 0.05) is 11.5 Å². The molecule has 0 radical (unpaired) electrons. The molecular weight excluding hydrogens is 254 g/mol. The Labute approximate surface area is 117 Å². The lowest BCUT2D eigenvalue weighted by Crippen LogP contribution is -2.61. The summed E-state index contributed by atoms with van der Waals surface area (Å²) in [6.07, 6.45) is 1.70. The van der Waals surface area contributed by atoms with E-state index >= 15 is 0 Å². The largest absolute Gasteiger partial charge is 0.392 e. The molecule has 1 saturated carbocycles. The van der Waals surface area contributed by atoms with Crippen LogP contribution in [-0.4, -0.2) is 33.1 Å². The van der Waals surface area contributed by atoms with Crippen LogP contribution in [0.1, 0.15) is 30.8 Å². The molecule has 1 fully saturated rings. The second-order valence-corrected chi connectivity index (χ2v) is 5.84. The van der Waals surface area contributed by atoms with E-state index in [1.807, 2.05) is 38.1 Å². The normalized spacial score (nSPS) is 24.1. The van der Waals surface area contributed by atoms with Crippen LogP contribution >= 0.6 is 0 Å². The third-order valence-corrected chi connectivity index (χ3v) is 4.20. The summed E-state index contributed by atoms with van der Waals surface area (Å²) in [6, 6.07) is 7.41. The van der Waals surface area contributed by atoms with Gasteiger partial charge in [-0.25, -0.2) is 4.98 Å². The third-order valence-electron chi connectivity index (χ3n) is 4.20. The highest BCUT2D eigenvalue weighted by molar-refractivity contribution is 5.94. The number of carbonyl (C=O) groups excluding carboxylic acids is 1. The monoisotopic (exact) mass is 271 g/mol. The molecular formula is C15H17N3O2. The van der Waals surface area contributed by atoms with Crippen molar-refractivity contribution >= 4 is 16.9 Å². The fourth-order valence-electron chi connectivity index (χ4n) is 2.45. The van der Waals surface area contributed by atoms with Crippen molar-refractivity contribution in [2.75, 3.05) is 0 Å². The molecule has 0 bridgehead atoms. The lowest BCUT2D eigenvalue weighted by Gasteiger charge is -2.49. The average Bonchev–Trinajstić information content (AvgIpc) is 2.46. The minimum absolute atomic E-state index is 0.0294. The van der Waals surface area contributed by atoms with Crippen molar-refractivity contribution in [3.05, 3.63) is 36.2 Å². The topological polar surface area (TPSA) is 75.1 Å². The maximum Gasteiger partial charge on any atom is 0.271 e. The quantitative estimate of drug-likeness (QED) is 0.868. The van der Waals surface area contributed by atoms with Crippen LogP contribution in [-0.2, 0) is 0 Å². The Bertz CT molecular complexity index is 669. The first-order chi connectivity index (χ1) is 9.48. The molecule has 5 nitrogen and oxygen atoms in total. The van der Waals surface area contributed by atoms with Crippen LogP contribution in [0.2, 0.25) is 0 Å². The van der Waals surface area contributed by atoms with E-state index in [1.165, 1.54) is 6.20 Å². The van der Waals surface area contributed by atoms with Crippen molar-refractivity contribution in [3.8, 4) is 0 Å². The lowest BCUT2D eigenvalue weighted by molar-refractivity contribution is -0.0690. The molecule has 1 heterocycles. The number of benzene rings is 1. The highest BCUT2D eigenvalue weighted by Crippen LogP contribution is 2.40. The number of hydrogen-bond donors (Lipinski definition) is 2. The van der Waals surface area contributed by atoms with Gasteiger partial charge in [-0.2, -0.15) is 0 Å². The number of para-hydroxylation sites is 2. The van der Waals surface area contributed by atoms with Crippen molar-refractivity contribution in [2.45, 2.75) is 32.4 Å². The predicted molar refractivity (Wildman–Crippen MR) is 75.2 cm³/mol. The molecule has 1 aliphatic rings. The highest BCUT2D eigenvalue weighted by atomic mass is 16.3. The number of aromatic nitrogens is 2. The number of nitrogens with one attached hydrogen (secondary N) is 1. The van der Waals surface area contributed by atoms with Crippen LogP contribution < -0.4 is 5.32 Å². The summed E-state index contributed by atoms with van der Waals surface area (Å²) in [5, 5.41) is 12.6. The van der Waals surface area contributed by atoms with E-state index in [0.717, 1.165) is 5.52 Å². The van der Waals surface area contributed by atoms with Gasteiger partial charge in [-0.05, 0) is 18.6 Å². The molecule has 104 valence electrons. The molecule has 1 amide bonds. The van der Waals surface area contributed by atoms with Crippen molar-refractivity contribution in [3.63, 3.8) is 0 Å². The molecule has 2 aromatic rings. The molecule has 1 aliphatic carbocycles. The van der Waals surface area contributed by atoms with Gasteiger partial charge in [0.2, 0.25) is 0 Å². The van der Waals surface area contributed by atoms with Crippen molar-refractivity contribution < 1.29 is 9.90 Å². The van der Waals surface area contributed by atoms with Crippen LogP contribution in [0.15, 0.2) is 30.5 Å². The zero-order valence-electron chi connectivity index (χ0n) is 11.5. The van der Waals surface area contributed by atoms with Crippen molar-refractivity contribution in [2.24, 2.45) is 5.41 Å². The maximum atomic E-state index is 12.2. The van der Waals surface area contributed by atoms with Crippen LogP contribution in [0.4, 0.5) is 0 Å². The molecule has 0 saturated heterocycles. The van der Waals surface area contributed by atoms with E-state index < -0.39 is 0 Å². The van der Waals surface area contributed by atoms with E-state index in [4.69, 9.17) is 0 Å². The van der Waals surface area contributed by atoms with Crippen LogP contribution in [0.3, 0.4) is 0 Å². The van der Waals surface area contributed by atoms with Gasteiger partial charge in [0.15, 0.2) is 0 Å². The molecule has 0 spiro atoms. The molecule has 5 heteroatoms. The summed E-state index contributed by atoms with van der Waals surface area (Å²) in [6.45, 7) is 3.89. The zero-order valence-corrected chi connectivity index (χ0v) is 11.5. The van der Waals surface area contributed by atoms with Crippen molar-refractivity contribution in [1.29, 1.82) is 0 Å². The summed E-state index contributed by atoms with van der Waals surface area (Å²) >= 11 is 0. The van der Waals surface area contributed by atoms with Gasteiger partial charge in [-0.3, -0.25) is 9.78 Å². The molecule has 3 rings (SSSR count). The molecule has 1 aromatic heterocycles. The molecule has 20 heavy (non-hydrogen) atoms. The number of nitrogens with zero attached hydrogens (tertiary/aromatic N) is 2. The van der Waals surface area contributed by atoms with Gasteiger partial charge in [0.05, 0.1) is 23.3 Å². The molecule has 1 aromatic carbocycles. The van der Waals surface area contributed by atoms with Crippen LogP contribution in [0.25, 0.3) is 11.0 Å². The summed E-state index contributed by atoms with van der Waals surface area (Å²) in [4.78, 5) is 20.7. The number of amides is 1. The zero-order chi connectivity index (χ0) is 14.3. The summed E-state index contributed by atoms with van der Waals surface area (Å²) < 4.78 is 0. The molecule has 2 atom stereocenters. The van der Waals surface area contributed by atoms with Gasteiger partial charge < -0.3 is 10.4 Å². The van der Waals surface area contributed by atoms with E-state index in [1.54, 1.807) is 0 Å². The van der Waals surface area contributed by atoms with E-state index in [-0.39, 0.29) is 23.5 Å². The second-order valence-electron chi connectivity index (χ2n) is 5.84. The van der Waals surface area contributed by atoms with Crippen LogP contribution in [0.5, 0.6) is 0 Å². The van der Waals surface area contributed by atoms with Gasteiger partial charge in [0.25, 0.3) is 5.91 Å². The first-order valence-electron chi connectivity index (χ1n) is 6.69. The van der Waals surface area contributed by atoms with Gasteiger partial charge in [-0.15, -0.1) is 0 Å². The minimum atomic E-state index is -0.365. The number of aliphatic hydroxyl groups is 1. The average molecular weight is 271 g/mol. The molecule has 2 unspecified atom stereocenters. The third kappa shape index (κ3) is 2.04. The lowest BCUT2D eigenvalue weighted by atomic mass is 9.64. The van der Waals surface area contributed by atoms with Gasteiger partial charge in [0.1, 0.15) is 5.69 Å². The SMILES string of the molecule is CC1(C)C(O)CC1NC(=O)c1cnc2ccccc2n1. The predicted octanol–water partition coefficient (Wildman–Crippen LogP) is 1.52. The minimum Gasteiger partial charge on any atom is -0.392 e. The van der Waals surface area contributed by atoms with Crippen LogP contribution in [0, 0.1) is 5.41 Å². The number of fused-ring (bicyclic) bond motifs is 1. The first kappa shape index (κ1) is 13.0. The molecule has 0 aliphatic heterocycles. The number of hydrogen-bond acceptors (Lipinski definition) is 4. The van der Waals surface area contributed by atoms with E-state index in [0.29, 0.717) is 17.6 Å². The fraction of sp³-hybridized carbons (Fsp3) is 0.400. The Morgan fingerprint density at radius 2 is 2.05 bits per heavy atom.